The van der Waals surface area contributed by atoms with Crippen molar-refractivity contribution in [2.45, 2.75) is 29.2 Å². The Labute approximate surface area is 113 Å². The van der Waals surface area contributed by atoms with Crippen LogP contribution in [0.4, 0.5) is 4.39 Å². The molecule has 4 heteroatoms. The lowest BCUT2D eigenvalue weighted by molar-refractivity contribution is 0.281. The van der Waals surface area contributed by atoms with E-state index >= 15 is 0 Å². The summed E-state index contributed by atoms with van der Waals surface area (Å²) in [6.45, 7) is -0.0687. The van der Waals surface area contributed by atoms with Crippen molar-refractivity contribution >= 4 is 10.8 Å². The Hall–Kier alpha value is -1.52. The molecule has 0 saturated heterocycles. The standard InChI is InChI=1S/C15H13FO2S/c16-13-5-6-14-12(8-13)4-3-11-2-1-10(9-17)7-15(11)19(14)18/h1-2,5-8,17H,3-4,9H2. The Balaban J connectivity index is 2.16. The molecular weight excluding hydrogens is 263 g/mol. The summed E-state index contributed by atoms with van der Waals surface area (Å²) in [4.78, 5) is 1.41. The van der Waals surface area contributed by atoms with Crippen LogP contribution in [0.3, 0.4) is 0 Å². The fourth-order valence-electron chi connectivity index (χ4n) is 2.39. The molecule has 1 unspecified atom stereocenters. The van der Waals surface area contributed by atoms with Crippen molar-refractivity contribution < 1.29 is 13.7 Å². The zero-order valence-corrected chi connectivity index (χ0v) is 11.0. The minimum atomic E-state index is -1.31. The lowest BCUT2D eigenvalue weighted by atomic mass is 10.0. The van der Waals surface area contributed by atoms with Crippen LogP contribution in [0.15, 0.2) is 46.2 Å². The second-order valence-electron chi connectivity index (χ2n) is 4.62. The third-order valence-corrected chi connectivity index (χ3v) is 4.98. The number of rotatable bonds is 1. The molecule has 98 valence electrons. The van der Waals surface area contributed by atoms with Crippen molar-refractivity contribution in [3.8, 4) is 0 Å². The van der Waals surface area contributed by atoms with Gasteiger partial charge in [0.2, 0.25) is 0 Å². The number of aryl methyl sites for hydroxylation is 2. The molecule has 2 aromatic carbocycles. The summed E-state index contributed by atoms with van der Waals surface area (Å²) in [6.07, 6.45) is 1.42. The lowest BCUT2D eigenvalue weighted by Gasteiger charge is -2.07. The molecule has 1 aliphatic heterocycles. The molecule has 1 heterocycles. The van der Waals surface area contributed by atoms with Gasteiger partial charge in [-0.3, -0.25) is 0 Å². The zero-order chi connectivity index (χ0) is 13.4. The van der Waals surface area contributed by atoms with Gasteiger partial charge in [-0.05, 0) is 53.8 Å². The smallest absolute Gasteiger partial charge is 0.123 e. The summed E-state index contributed by atoms with van der Waals surface area (Å²) in [5, 5.41) is 9.18. The van der Waals surface area contributed by atoms with Crippen LogP contribution in [0, 0.1) is 5.82 Å². The van der Waals surface area contributed by atoms with Crippen LogP contribution in [-0.2, 0) is 30.2 Å². The van der Waals surface area contributed by atoms with Crippen LogP contribution in [0.2, 0.25) is 0 Å². The number of benzene rings is 2. The topological polar surface area (TPSA) is 37.3 Å². The predicted molar refractivity (Wildman–Crippen MR) is 70.8 cm³/mol. The van der Waals surface area contributed by atoms with Crippen LogP contribution in [0.25, 0.3) is 0 Å². The van der Waals surface area contributed by atoms with Gasteiger partial charge in [0.25, 0.3) is 0 Å². The second-order valence-corrected chi connectivity index (χ2v) is 6.04. The van der Waals surface area contributed by atoms with Gasteiger partial charge in [-0.2, -0.15) is 0 Å². The molecule has 0 aliphatic carbocycles. The molecule has 0 bridgehead atoms. The minimum absolute atomic E-state index is 0.0687. The third kappa shape index (κ3) is 2.22. The highest BCUT2D eigenvalue weighted by Crippen LogP contribution is 2.30. The molecule has 1 N–H and O–H groups in total. The first-order valence-electron chi connectivity index (χ1n) is 6.12. The monoisotopic (exact) mass is 276 g/mol. The number of fused-ring (bicyclic) bond motifs is 2. The Morgan fingerprint density at radius 3 is 2.63 bits per heavy atom. The van der Waals surface area contributed by atoms with Gasteiger partial charge >= 0.3 is 0 Å². The third-order valence-electron chi connectivity index (χ3n) is 3.40. The minimum Gasteiger partial charge on any atom is -0.392 e. The largest absolute Gasteiger partial charge is 0.392 e. The van der Waals surface area contributed by atoms with Crippen molar-refractivity contribution in [3.05, 3.63) is 58.9 Å². The number of hydrogen-bond acceptors (Lipinski definition) is 2. The Morgan fingerprint density at radius 2 is 1.84 bits per heavy atom. The summed E-state index contributed by atoms with van der Waals surface area (Å²) in [5.41, 5.74) is 2.56. The summed E-state index contributed by atoms with van der Waals surface area (Å²) >= 11 is 0. The molecule has 0 radical (unpaired) electrons. The van der Waals surface area contributed by atoms with Gasteiger partial charge in [-0.1, -0.05) is 12.1 Å². The maximum Gasteiger partial charge on any atom is 0.123 e. The molecule has 0 fully saturated rings. The quantitative estimate of drug-likeness (QED) is 0.869. The van der Waals surface area contributed by atoms with E-state index in [1.807, 2.05) is 12.1 Å². The van der Waals surface area contributed by atoms with E-state index in [0.29, 0.717) is 11.3 Å². The Kier molecular flexibility index (Phi) is 3.21. The van der Waals surface area contributed by atoms with Crippen LogP contribution in [0.1, 0.15) is 16.7 Å². The van der Waals surface area contributed by atoms with E-state index in [2.05, 4.69) is 0 Å². The second kappa shape index (κ2) is 4.87. The van der Waals surface area contributed by atoms with Crippen LogP contribution < -0.4 is 0 Å². The Bertz CT molecular complexity index is 667. The average molecular weight is 276 g/mol. The van der Waals surface area contributed by atoms with E-state index in [0.717, 1.165) is 28.0 Å². The average Bonchev–Trinajstić information content (AvgIpc) is 2.56. The maximum atomic E-state index is 13.3. The molecular formula is C15H13FO2S. The number of aliphatic hydroxyl groups is 1. The molecule has 3 rings (SSSR count). The summed E-state index contributed by atoms with van der Waals surface area (Å²) in [7, 11) is -1.31. The van der Waals surface area contributed by atoms with Crippen molar-refractivity contribution in [3.63, 3.8) is 0 Å². The first-order chi connectivity index (χ1) is 9.19. The van der Waals surface area contributed by atoms with Crippen LogP contribution in [-0.4, -0.2) is 9.32 Å². The van der Waals surface area contributed by atoms with Gasteiger partial charge in [0.05, 0.1) is 17.4 Å². The van der Waals surface area contributed by atoms with Gasteiger partial charge in [0, 0.05) is 9.79 Å². The molecule has 2 aromatic rings. The molecule has 1 aliphatic rings. The molecule has 0 aromatic heterocycles. The van der Waals surface area contributed by atoms with E-state index in [1.54, 1.807) is 12.1 Å². The summed E-state index contributed by atoms with van der Waals surface area (Å²) < 4.78 is 25.9. The summed E-state index contributed by atoms with van der Waals surface area (Å²) in [5.74, 6) is -0.294. The predicted octanol–water partition coefficient (Wildman–Crippen LogP) is 2.58. The molecule has 2 nitrogen and oxygen atoms in total. The number of halogens is 1. The molecule has 0 amide bonds. The number of hydrogen-bond donors (Lipinski definition) is 1. The fourth-order valence-corrected chi connectivity index (χ4v) is 3.88. The van der Waals surface area contributed by atoms with Gasteiger partial charge in [0.15, 0.2) is 0 Å². The van der Waals surface area contributed by atoms with E-state index in [-0.39, 0.29) is 12.4 Å². The SMILES string of the molecule is O=S1c2ccc(F)cc2CCc2ccc(CO)cc21. The molecule has 1 atom stereocenters. The lowest BCUT2D eigenvalue weighted by Crippen LogP contribution is -1.98. The fraction of sp³-hybridized carbons (Fsp3) is 0.200. The van der Waals surface area contributed by atoms with Crippen molar-refractivity contribution in [2.75, 3.05) is 0 Å². The van der Waals surface area contributed by atoms with Crippen molar-refractivity contribution in [1.82, 2.24) is 0 Å². The van der Waals surface area contributed by atoms with Crippen molar-refractivity contribution in [1.29, 1.82) is 0 Å². The van der Waals surface area contributed by atoms with E-state index in [9.17, 15) is 13.7 Å². The highest BCUT2D eigenvalue weighted by Gasteiger charge is 2.20. The molecule has 0 spiro atoms. The van der Waals surface area contributed by atoms with E-state index in [1.165, 1.54) is 12.1 Å². The van der Waals surface area contributed by atoms with Crippen molar-refractivity contribution in [2.24, 2.45) is 0 Å². The molecule has 19 heavy (non-hydrogen) atoms. The summed E-state index contributed by atoms with van der Waals surface area (Å²) in [6, 6.07) is 9.93. The van der Waals surface area contributed by atoms with E-state index in [4.69, 9.17) is 0 Å². The van der Waals surface area contributed by atoms with Gasteiger partial charge in [-0.25, -0.2) is 8.60 Å². The Morgan fingerprint density at radius 1 is 1.05 bits per heavy atom. The first-order valence-corrected chi connectivity index (χ1v) is 7.27. The van der Waals surface area contributed by atoms with Gasteiger partial charge < -0.3 is 5.11 Å². The maximum absolute atomic E-state index is 13.3. The van der Waals surface area contributed by atoms with Gasteiger partial charge in [-0.15, -0.1) is 0 Å². The zero-order valence-electron chi connectivity index (χ0n) is 10.2. The van der Waals surface area contributed by atoms with E-state index < -0.39 is 10.8 Å². The highest BCUT2D eigenvalue weighted by molar-refractivity contribution is 7.85. The van der Waals surface area contributed by atoms with Crippen LogP contribution in [0.5, 0.6) is 0 Å². The van der Waals surface area contributed by atoms with Gasteiger partial charge in [0.1, 0.15) is 5.82 Å². The first kappa shape index (κ1) is 12.5. The highest BCUT2D eigenvalue weighted by atomic mass is 32.2. The molecule has 0 saturated carbocycles. The normalized spacial score (nSPS) is 17.5. The van der Waals surface area contributed by atoms with Crippen LogP contribution >= 0.6 is 0 Å². The number of aliphatic hydroxyl groups excluding tert-OH is 1.